The van der Waals surface area contributed by atoms with Gasteiger partial charge < -0.3 is 14.4 Å². The number of benzene rings is 2. The van der Waals surface area contributed by atoms with E-state index in [0.717, 1.165) is 18.4 Å². The molecule has 1 unspecified atom stereocenters. The van der Waals surface area contributed by atoms with Crippen LogP contribution in [0.3, 0.4) is 0 Å². The topological polar surface area (TPSA) is 38.8 Å². The first-order chi connectivity index (χ1) is 13.0. The number of amides is 1. The fraction of sp³-hybridized carbons (Fsp3) is 0.350. The Balaban J connectivity index is 1.67. The highest BCUT2D eigenvalue weighted by atomic mass is 35.5. The van der Waals surface area contributed by atoms with E-state index in [0.29, 0.717) is 35.5 Å². The second kappa shape index (κ2) is 9.40. The van der Waals surface area contributed by atoms with Crippen LogP contribution in [0.1, 0.15) is 18.4 Å². The SMILES string of the molecule is O=C(COc1ccc(F)cc1)N(Cc1ccc(Cl)cc1Cl)CC1CCCO1. The quantitative estimate of drug-likeness (QED) is 0.661. The van der Waals surface area contributed by atoms with Gasteiger partial charge in [-0.15, -0.1) is 0 Å². The molecule has 0 radical (unpaired) electrons. The number of rotatable bonds is 7. The third-order valence-corrected chi connectivity index (χ3v) is 4.94. The van der Waals surface area contributed by atoms with Crippen LogP contribution in [0.15, 0.2) is 42.5 Å². The molecular formula is C20H20Cl2FNO3. The van der Waals surface area contributed by atoms with Crippen LogP contribution in [-0.2, 0) is 16.1 Å². The summed E-state index contributed by atoms with van der Waals surface area (Å²) < 4.78 is 24.2. The van der Waals surface area contributed by atoms with Crippen LogP contribution >= 0.6 is 23.2 Å². The van der Waals surface area contributed by atoms with Gasteiger partial charge in [0.2, 0.25) is 0 Å². The fourth-order valence-corrected chi connectivity index (χ4v) is 3.38. The zero-order valence-corrected chi connectivity index (χ0v) is 16.2. The largest absolute Gasteiger partial charge is 0.484 e. The van der Waals surface area contributed by atoms with Crippen molar-refractivity contribution in [3.63, 3.8) is 0 Å². The number of carbonyl (C=O) groups excluding carboxylic acids is 1. The van der Waals surface area contributed by atoms with Gasteiger partial charge in [-0.25, -0.2) is 4.39 Å². The van der Waals surface area contributed by atoms with Crippen molar-refractivity contribution in [1.82, 2.24) is 4.90 Å². The van der Waals surface area contributed by atoms with Crippen LogP contribution in [0.5, 0.6) is 5.75 Å². The Labute approximate surface area is 167 Å². The highest BCUT2D eigenvalue weighted by Crippen LogP contribution is 2.23. The summed E-state index contributed by atoms with van der Waals surface area (Å²) in [5.41, 5.74) is 0.800. The molecule has 1 amide bonds. The number of carbonyl (C=O) groups is 1. The van der Waals surface area contributed by atoms with Crippen LogP contribution in [0.4, 0.5) is 4.39 Å². The molecule has 0 bridgehead atoms. The van der Waals surface area contributed by atoms with E-state index in [1.54, 1.807) is 23.1 Å². The highest BCUT2D eigenvalue weighted by molar-refractivity contribution is 6.35. The van der Waals surface area contributed by atoms with Crippen molar-refractivity contribution < 1.29 is 18.7 Å². The van der Waals surface area contributed by atoms with Crippen LogP contribution < -0.4 is 4.74 Å². The summed E-state index contributed by atoms with van der Waals surface area (Å²) in [4.78, 5) is 14.4. The van der Waals surface area contributed by atoms with Gasteiger partial charge in [-0.1, -0.05) is 29.3 Å². The van der Waals surface area contributed by atoms with E-state index >= 15 is 0 Å². The van der Waals surface area contributed by atoms with Crippen LogP contribution in [0.25, 0.3) is 0 Å². The average molecular weight is 412 g/mol. The lowest BCUT2D eigenvalue weighted by Crippen LogP contribution is -2.39. The first-order valence-corrected chi connectivity index (χ1v) is 9.48. The van der Waals surface area contributed by atoms with Crippen molar-refractivity contribution in [3.05, 3.63) is 63.9 Å². The summed E-state index contributed by atoms with van der Waals surface area (Å²) in [5.74, 6) is -0.113. The molecule has 1 heterocycles. The van der Waals surface area contributed by atoms with Crippen LogP contribution in [-0.4, -0.2) is 36.7 Å². The van der Waals surface area contributed by atoms with Gasteiger partial charge >= 0.3 is 0 Å². The van der Waals surface area contributed by atoms with E-state index in [1.807, 2.05) is 0 Å². The van der Waals surface area contributed by atoms with Crippen LogP contribution in [0.2, 0.25) is 10.0 Å². The number of nitrogens with zero attached hydrogens (tertiary/aromatic N) is 1. The summed E-state index contributed by atoms with van der Waals surface area (Å²) >= 11 is 12.2. The number of hydrogen-bond acceptors (Lipinski definition) is 3. The number of ether oxygens (including phenoxy) is 2. The molecule has 7 heteroatoms. The molecule has 1 aliphatic heterocycles. The van der Waals surface area contributed by atoms with E-state index in [1.165, 1.54) is 24.3 Å². The molecule has 0 aromatic heterocycles. The Morgan fingerprint density at radius 2 is 2.00 bits per heavy atom. The second-order valence-electron chi connectivity index (χ2n) is 6.39. The highest BCUT2D eigenvalue weighted by Gasteiger charge is 2.23. The molecule has 4 nitrogen and oxygen atoms in total. The van der Waals surface area contributed by atoms with Crippen molar-refractivity contribution >= 4 is 29.1 Å². The fourth-order valence-electron chi connectivity index (χ4n) is 2.91. The number of halogens is 3. The predicted octanol–water partition coefficient (Wildman–Crippen LogP) is 4.72. The van der Waals surface area contributed by atoms with Crippen molar-refractivity contribution in [1.29, 1.82) is 0 Å². The molecule has 0 N–H and O–H groups in total. The van der Waals surface area contributed by atoms with E-state index in [4.69, 9.17) is 32.7 Å². The van der Waals surface area contributed by atoms with Crippen molar-refractivity contribution in [2.45, 2.75) is 25.5 Å². The van der Waals surface area contributed by atoms with E-state index in [-0.39, 0.29) is 24.4 Å². The van der Waals surface area contributed by atoms with Gasteiger partial charge in [0.05, 0.1) is 6.10 Å². The molecule has 144 valence electrons. The Morgan fingerprint density at radius 3 is 2.67 bits per heavy atom. The summed E-state index contributed by atoms with van der Waals surface area (Å²) in [6.45, 7) is 1.36. The first-order valence-electron chi connectivity index (χ1n) is 8.73. The van der Waals surface area contributed by atoms with Gasteiger partial charge in [0.1, 0.15) is 11.6 Å². The molecule has 1 fully saturated rings. The molecule has 1 aliphatic rings. The second-order valence-corrected chi connectivity index (χ2v) is 7.23. The molecule has 2 aromatic carbocycles. The first kappa shape index (κ1) is 19.9. The summed E-state index contributed by atoms with van der Waals surface area (Å²) in [7, 11) is 0. The van der Waals surface area contributed by atoms with E-state index in [2.05, 4.69) is 0 Å². The molecule has 0 saturated carbocycles. The lowest BCUT2D eigenvalue weighted by molar-refractivity contribution is -0.135. The Hall–Kier alpha value is -1.82. The smallest absolute Gasteiger partial charge is 0.260 e. The summed E-state index contributed by atoms with van der Waals surface area (Å²) in [5, 5.41) is 1.05. The lowest BCUT2D eigenvalue weighted by Gasteiger charge is -2.26. The minimum atomic E-state index is -0.355. The molecular weight excluding hydrogens is 392 g/mol. The number of hydrogen-bond donors (Lipinski definition) is 0. The average Bonchev–Trinajstić information content (AvgIpc) is 3.15. The Bertz CT molecular complexity index is 779. The zero-order chi connectivity index (χ0) is 19.2. The van der Waals surface area contributed by atoms with Gasteiger partial charge in [-0.3, -0.25) is 4.79 Å². The molecule has 0 spiro atoms. The maximum Gasteiger partial charge on any atom is 0.260 e. The molecule has 1 atom stereocenters. The minimum absolute atomic E-state index is 0.00541. The Morgan fingerprint density at radius 1 is 1.22 bits per heavy atom. The molecule has 3 rings (SSSR count). The van der Waals surface area contributed by atoms with E-state index in [9.17, 15) is 9.18 Å². The maximum absolute atomic E-state index is 13.0. The molecule has 2 aromatic rings. The van der Waals surface area contributed by atoms with Crippen LogP contribution in [0, 0.1) is 5.82 Å². The molecule has 1 saturated heterocycles. The molecule has 27 heavy (non-hydrogen) atoms. The van der Waals surface area contributed by atoms with E-state index < -0.39 is 0 Å². The minimum Gasteiger partial charge on any atom is -0.484 e. The van der Waals surface area contributed by atoms with Gasteiger partial charge in [0, 0.05) is 29.7 Å². The maximum atomic E-state index is 13.0. The van der Waals surface area contributed by atoms with Gasteiger partial charge in [0.25, 0.3) is 5.91 Å². The third kappa shape index (κ3) is 5.83. The van der Waals surface area contributed by atoms with Crippen molar-refractivity contribution in [3.8, 4) is 5.75 Å². The van der Waals surface area contributed by atoms with Gasteiger partial charge in [-0.2, -0.15) is 0 Å². The van der Waals surface area contributed by atoms with Crippen molar-refractivity contribution in [2.24, 2.45) is 0 Å². The third-order valence-electron chi connectivity index (χ3n) is 4.35. The monoisotopic (exact) mass is 411 g/mol. The lowest BCUT2D eigenvalue weighted by atomic mass is 10.1. The van der Waals surface area contributed by atoms with Crippen molar-refractivity contribution in [2.75, 3.05) is 19.8 Å². The van der Waals surface area contributed by atoms with Gasteiger partial charge in [0.15, 0.2) is 6.61 Å². The summed E-state index contributed by atoms with van der Waals surface area (Å²) in [6.07, 6.45) is 1.91. The summed E-state index contributed by atoms with van der Waals surface area (Å²) in [6, 6.07) is 10.8. The normalized spacial score (nSPS) is 16.3. The predicted molar refractivity (Wildman–Crippen MR) is 103 cm³/mol. The standard InChI is InChI=1S/C20H20Cl2FNO3/c21-15-4-3-14(19(22)10-15)11-24(12-18-2-1-9-26-18)20(25)13-27-17-7-5-16(23)6-8-17/h3-8,10,18H,1-2,9,11-13H2. The Kier molecular flexibility index (Phi) is 6.94. The zero-order valence-electron chi connectivity index (χ0n) is 14.7. The molecule has 0 aliphatic carbocycles. The van der Waals surface area contributed by atoms with Gasteiger partial charge in [-0.05, 0) is 54.8 Å².